The number of carbonyl (C=O) groups is 1. The average molecular weight is 441 g/mol. The molecule has 0 aliphatic carbocycles. The number of hydrogen-bond donors (Lipinski definition) is 0. The zero-order valence-electron chi connectivity index (χ0n) is 19.7. The zero-order valence-corrected chi connectivity index (χ0v) is 21.5. The molecule has 0 unspecified atom stereocenters. The van der Waals surface area contributed by atoms with Crippen molar-refractivity contribution in [3.63, 3.8) is 0 Å². The summed E-state index contributed by atoms with van der Waals surface area (Å²) in [6, 6.07) is 10.0. The summed E-state index contributed by atoms with van der Waals surface area (Å²) < 4.78 is 13.2. The third-order valence-corrected chi connectivity index (χ3v) is 13.0. The topological polar surface area (TPSA) is 35.5 Å². The molecule has 0 spiro atoms. The van der Waals surface area contributed by atoms with E-state index >= 15 is 0 Å². The maximum Gasteiger partial charge on any atom is 0.227 e. The van der Waals surface area contributed by atoms with Crippen LogP contribution in [-0.4, -0.2) is 25.8 Å². The highest BCUT2D eigenvalue weighted by Crippen LogP contribution is 2.44. The van der Waals surface area contributed by atoms with Crippen LogP contribution in [0.5, 0.6) is 0 Å². The summed E-state index contributed by atoms with van der Waals surface area (Å²) in [5.41, 5.74) is 2.61. The van der Waals surface area contributed by atoms with Gasteiger partial charge in [0.1, 0.15) is 0 Å². The summed E-state index contributed by atoms with van der Waals surface area (Å²) in [7, 11) is -2.02. The molecular formula is C24H41ClO3Si. The Morgan fingerprint density at radius 3 is 1.79 bits per heavy atom. The zero-order chi connectivity index (χ0) is 22.4. The highest BCUT2D eigenvalue weighted by molar-refractivity contribution is 6.77. The van der Waals surface area contributed by atoms with Gasteiger partial charge < -0.3 is 9.16 Å². The fourth-order valence-corrected chi connectivity index (χ4v) is 10.6. The number of benzene rings is 1. The number of ether oxygens (including phenoxy) is 1. The molecule has 0 heterocycles. The number of halogens is 1. The van der Waals surface area contributed by atoms with Crippen LogP contribution in [0.3, 0.4) is 0 Å². The second kappa shape index (κ2) is 11.6. The quantitative estimate of drug-likeness (QED) is 0.255. The molecule has 0 aliphatic heterocycles. The summed E-state index contributed by atoms with van der Waals surface area (Å²) >= 11 is 5.89. The van der Waals surface area contributed by atoms with Crippen molar-refractivity contribution in [2.45, 2.75) is 97.8 Å². The lowest BCUT2D eigenvalue weighted by Gasteiger charge is -2.46. The molecular weight excluding hydrogens is 400 g/mol. The first-order chi connectivity index (χ1) is 13.4. The van der Waals surface area contributed by atoms with Crippen molar-refractivity contribution in [2.24, 2.45) is 11.8 Å². The van der Waals surface area contributed by atoms with Crippen LogP contribution < -0.4 is 0 Å². The Bertz CT molecular complexity index is 596. The molecule has 5 heteroatoms. The van der Waals surface area contributed by atoms with E-state index in [4.69, 9.17) is 20.8 Å². The Hall–Kier alpha value is -0.683. The van der Waals surface area contributed by atoms with E-state index in [2.05, 4.69) is 55.4 Å². The SMILES string of the molecule is CC(C)[Si](O[C@@H](C)[C@@H](C)[C@@H](OCc1ccccc1)[C@H](C)C(=O)Cl)(C(C)C)C(C)C. The van der Waals surface area contributed by atoms with Gasteiger partial charge in [-0.1, -0.05) is 85.7 Å². The molecule has 0 radical (unpaired) electrons. The lowest BCUT2D eigenvalue weighted by Crippen LogP contribution is -2.52. The average Bonchev–Trinajstić information content (AvgIpc) is 2.65. The predicted molar refractivity (Wildman–Crippen MR) is 126 cm³/mol. The first-order valence-corrected chi connectivity index (χ1v) is 13.5. The maximum atomic E-state index is 12.0. The largest absolute Gasteiger partial charge is 0.413 e. The van der Waals surface area contributed by atoms with Gasteiger partial charge >= 0.3 is 0 Å². The van der Waals surface area contributed by atoms with Gasteiger partial charge in [0.05, 0.1) is 18.6 Å². The summed E-state index contributed by atoms with van der Waals surface area (Å²) in [4.78, 5) is 12.0. The minimum Gasteiger partial charge on any atom is -0.413 e. The molecule has 3 nitrogen and oxygen atoms in total. The summed E-state index contributed by atoms with van der Waals surface area (Å²) in [6.45, 7) is 20.3. The molecule has 29 heavy (non-hydrogen) atoms. The van der Waals surface area contributed by atoms with E-state index in [-0.39, 0.29) is 23.4 Å². The van der Waals surface area contributed by atoms with Crippen molar-refractivity contribution in [3.05, 3.63) is 35.9 Å². The van der Waals surface area contributed by atoms with E-state index in [1.165, 1.54) is 0 Å². The van der Waals surface area contributed by atoms with Crippen LogP contribution >= 0.6 is 11.6 Å². The highest BCUT2D eigenvalue weighted by atomic mass is 35.5. The molecule has 1 aromatic carbocycles. The van der Waals surface area contributed by atoms with Crippen LogP contribution in [0.2, 0.25) is 16.6 Å². The molecule has 0 amide bonds. The Morgan fingerprint density at radius 1 is 0.897 bits per heavy atom. The highest BCUT2D eigenvalue weighted by Gasteiger charge is 2.47. The molecule has 0 aromatic heterocycles. The number of carbonyl (C=O) groups excluding carboxylic acids is 1. The maximum absolute atomic E-state index is 12.0. The summed E-state index contributed by atoms with van der Waals surface area (Å²) in [5, 5.41) is -0.359. The normalized spacial score (nSPS) is 16.9. The predicted octanol–water partition coefficient (Wildman–Crippen LogP) is 7.19. The molecule has 0 aliphatic rings. The monoisotopic (exact) mass is 440 g/mol. The molecule has 1 aromatic rings. The second-order valence-corrected chi connectivity index (χ2v) is 15.1. The van der Waals surface area contributed by atoms with Gasteiger partial charge in [-0.25, -0.2) is 0 Å². The Balaban J connectivity index is 3.06. The number of rotatable bonds is 12. The van der Waals surface area contributed by atoms with Crippen molar-refractivity contribution in [1.29, 1.82) is 0 Å². The van der Waals surface area contributed by atoms with Crippen LogP contribution in [0.25, 0.3) is 0 Å². The van der Waals surface area contributed by atoms with E-state index in [9.17, 15) is 4.79 Å². The summed E-state index contributed by atoms with van der Waals surface area (Å²) in [5.74, 6) is -0.353. The van der Waals surface area contributed by atoms with Crippen LogP contribution in [-0.2, 0) is 20.6 Å². The van der Waals surface area contributed by atoms with Crippen LogP contribution in [0.1, 0.15) is 67.9 Å². The van der Waals surface area contributed by atoms with E-state index in [0.717, 1.165) is 5.56 Å². The Labute approximate surface area is 184 Å². The van der Waals surface area contributed by atoms with Gasteiger partial charge in [0.25, 0.3) is 0 Å². The van der Waals surface area contributed by atoms with E-state index < -0.39 is 14.2 Å². The molecule has 0 N–H and O–H groups in total. The Kier molecular flexibility index (Phi) is 10.6. The lowest BCUT2D eigenvalue weighted by molar-refractivity contribution is -0.124. The minimum atomic E-state index is -2.02. The fraction of sp³-hybridized carbons (Fsp3) is 0.708. The lowest BCUT2D eigenvalue weighted by atomic mass is 9.90. The second-order valence-electron chi connectivity index (χ2n) is 9.35. The van der Waals surface area contributed by atoms with Crippen molar-refractivity contribution >= 4 is 25.2 Å². The summed E-state index contributed by atoms with van der Waals surface area (Å²) in [6.07, 6.45) is -0.318. The minimum absolute atomic E-state index is 0.0203. The third kappa shape index (κ3) is 6.65. The molecule has 0 saturated carbocycles. The van der Waals surface area contributed by atoms with Crippen molar-refractivity contribution < 1.29 is 14.0 Å². The smallest absolute Gasteiger partial charge is 0.227 e. The number of hydrogen-bond acceptors (Lipinski definition) is 3. The van der Waals surface area contributed by atoms with Gasteiger partial charge in [-0.2, -0.15) is 0 Å². The van der Waals surface area contributed by atoms with Gasteiger partial charge in [-0.15, -0.1) is 0 Å². The van der Waals surface area contributed by atoms with Crippen molar-refractivity contribution in [3.8, 4) is 0 Å². The first-order valence-electron chi connectivity index (χ1n) is 11.0. The molecule has 166 valence electrons. The first kappa shape index (κ1) is 26.4. The molecule has 1 rings (SSSR count). The third-order valence-electron chi connectivity index (χ3n) is 6.49. The van der Waals surface area contributed by atoms with Crippen LogP contribution in [0.4, 0.5) is 0 Å². The van der Waals surface area contributed by atoms with Gasteiger partial charge in [0, 0.05) is 12.0 Å². The molecule has 0 bridgehead atoms. The van der Waals surface area contributed by atoms with Crippen molar-refractivity contribution in [1.82, 2.24) is 0 Å². The van der Waals surface area contributed by atoms with Crippen molar-refractivity contribution in [2.75, 3.05) is 0 Å². The fourth-order valence-electron chi connectivity index (χ4n) is 4.75. The van der Waals surface area contributed by atoms with E-state index in [1.807, 2.05) is 37.3 Å². The van der Waals surface area contributed by atoms with Gasteiger partial charge in [-0.3, -0.25) is 4.79 Å². The van der Waals surface area contributed by atoms with E-state index in [0.29, 0.717) is 23.2 Å². The van der Waals surface area contributed by atoms with Gasteiger partial charge in [0.15, 0.2) is 0 Å². The molecule has 4 atom stereocenters. The molecule has 0 fully saturated rings. The van der Waals surface area contributed by atoms with Crippen LogP contribution in [0.15, 0.2) is 30.3 Å². The molecule has 0 saturated heterocycles. The van der Waals surface area contributed by atoms with Gasteiger partial charge in [-0.05, 0) is 40.7 Å². The Morgan fingerprint density at radius 2 is 1.38 bits per heavy atom. The van der Waals surface area contributed by atoms with Gasteiger partial charge in [0.2, 0.25) is 13.6 Å². The van der Waals surface area contributed by atoms with Crippen LogP contribution in [0, 0.1) is 11.8 Å². The van der Waals surface area contributed by atoms with E-state index in [1.54, 1.807) is 0 Å². The standard InChI is InChI=1S/C24H41ClO3Si/c1-16(2)29(17(3)4,18(5)6)28-21(9)19(7)23(20(8)24(25)26)27-15-22-13-11-10-12-14-22/h10-14,16-21,23H,15H2,1-9H3/t19-,20+,21+,23-/m1/s1.